The second-order valence-electron chi connectivity index (χ2n) is 9.62. The lowest BCUT2D eigenvalue weighted by Crippen LogP contribution is -2.41. The van der Waals surface area contributed by atoms with Crippen LogP contribution in [0.5, 0.6) is 5.75 Å². The first-order valence-electron chi connectivity index (χ1n) is 12.1. The first-order valence-corrected chi connectivity index (χ1v) is 12.1. The molecule has 182 valence electrons. The average Bonchev–Trinajstić information content (AvgIpc) is 3.05. The largest absolute Gasteiger partial charge is 0.493 e. The molecular weight excluding hydrogens is 420 g/mol. The normalized spacial score (nSPS) is 19.4. The van der Waals surface area contributed by atoms with Gasteiger partial charge in [0, 0.05) is 32.8 Å². The average molecular weight is 459 g/mol. The van der Waals surface area contributed by atoms with E-state index in [4.69, 9.17) is 9.47 Å². The predicted molar refractivity (Wildman–Crippen MR) is 128 cm³/mol. The van der Waals surface area contributed by atoms with Gasteiger partial charge in [-0.05, 0) is 62.6 Å². The van der Waals surface area contributed by atoms with Crippen molar-refractivity contribution in [3.05, 3.63) is 35.5 Å². The quantitative estimate of drug-likeness (QED) is 0.405. The Balaban J connectivity index is 1.86. The predicted octanol–water partition coefficient (Wildman–Crippen LogP) is 3.32. The fraction of sp³-hybridized carbons (Fsp3) is 0.615. The van der Waals surface area contributed by atoms with E-state index in [1.807, 2.05) is 43.0 Å². The van der Waals surface area contributed by atoms with Crippen molar-refractivity contribution in [1.29, 1.82) is 0 Å². The molecule has 0 spiro atoms. The van der Waals surface area contributed by atoms with E-state index in [0.29, 0.717) is 62.0 Å². The molecule has 0 aromatic heterocycles. The molecule has 1 fully saturated rings. The Bertz CT molecular complexity index is 847. The molecule has 1 unspecified atom stereocenters. The van der Waals surface area contributed by atoms with Crippen LogP contribution in [0.4, 0.5) is 0 Å². The van der Waals surface area contributed by atoms with Gasteiger partial charge in [-0.2, -0.15) is 0 Å². The van der Waals surface area contributed by atoms with Crippen LogP contribution in [0.2, 0.25) is 0 Å². The number of carbonyl (C=O) groups is 2. The van der Waals surface area contributed by atoms with Crippen LogP contribution < -0.4 is 4.74 Å². The van der Waals surface area contributed by atoms with Crippen LogP contribution in [0.15, 0.2) is 30.0 Å². The molecule has 0 aliphatic carbocycles. The van der Waals surface area contributed by atoms with Gasteiger partial charge < -0.3 is 19.5 Å². The second kappa shape index (κ2) is 11.7. The van der Waals surface area contributed by atoms with E-state index in [-0.39, 0.29) is 30.4 Å². The zero-order chi connectivity index (χ0) is 24.0. The Labute approximate surface area is 197 Å². The van der Waals surface area contributed by atoms with Gasteiger partial charge in [0.1, 0.15) is 11.4 Å². The summed E-state index contributed by atoms with van der Waals surface area (Å²) >= 11 is 0. The van der Waals surface area contributed by atoms with Gasteiger partial charge in [-0.25, -0.2) is 0 Å². The standard InChI is InChI=1S/C26H38N2O5/c1-18(2)17-33-22-10-8-21(9-11-22)23-24(27-12-5-7-20(15-27)16-29)26(31)28(25(23)30)13-6-14-32-19(3)4/h8-11,18-20,29H,5-7,12-17H2,1-4H3. The number of rotatable bonds is 11. The molecule has 1 saturated heterocycles. The lowest BCUT2D eigenvalue weighted by Gasteiger charge is -2.34. The SMILES string of the molecule is CC(C)COc1ccc(C2=C(N3CCCC(CO)C3)C(=O)N(CCCOC(C)C)C2=O)cc1. The molecule has 1 N–H and O–H groups in total. The van der Waals surface area contributed by atoms with Gasteiger partial charge in [0.2, 0.25) is 0 Å². The fourth-order valence-electron chi connectivity index (χ4n) is 4.26. The molecule has 2 aliphatic heterocycles. The highest BCUT2D eigenvalue weighted by Gasteiger charge is 2.42. The highest BCUT2D eigenvalue weighted by molar-refractivity contribution is 6.35. The van der Waals surface area contributed by atoms with E-state index in [1.54, 1.807) is 0 Å². The van der Waals surface area contributed by atoms with Crippen LogP contribution in [0.1, 0.15) is 52.5 Å². The van der Waals surface area contributed by atoms with E-state index in [0.717, 1.165) is 18.6 Å². The van der Waals surface area contributed by atoms with Crippen LogP contribution in [-0.2, 0) is 14.3 Å². The number of aliphatic hydroxyl groups is 1. The van der Waals surface area contributed by atoms with E-state index >= 15 is 0 Å². The van der Waals surface area contributed by atoms with Crippen molar-refractivity contribution in [3.63, 3.8) is 0 Å². The number of hydrogen-bond acceptors (Lipinski definition) is 6. The third-order valence-corrected chi connectivity index (χ3v) is 5.94. The highest BCUT2D eigenvalue weighted by Crippen LogP contribution is 2.34. The van der Waals surface area contributed by atoms with Gasteiger partial charge in [-0.15, -0.1) is 0 Å². The first kappa shape index (κ1) is 25.2. The van der Waals surface area contributed by atoms with Gasteiger partial charge in [0.05, 0.1) is 18.3 Å². The minimum atomic E-state index is -0.262. The summed E-state index contributed by atoms with van der Waals surface area (Å²) < 4.78 is 11.4. The van der Waals surface area contributed by atoms with Crippen LogP contribution in [-0.4, -0.2) is 72.3 Å². The van der Waals surface area contributed by atoms with Gasteiger partial charge in [0.25, 0.3) is 11.8 Å². The van der Waals surface area contributed by atoms with E-state index in [9.17, 15) is 14.7 Å². The zero-order valence-corrected chi connectivity index (χ0v) is 20.4. The summed E-state index contributed by atoms with van der Waals surface area (Å²) in [7, 11) is 0. The molecule has 1 atom stereocenters. The van der Waals surface area contributed by atoms with Crippen molar-refractivity contribution in [2.45, 2.75) is 53.1 Å². The van der Waals surface area contributed by atoms with Crippen LogP contribution in [0.25, 0.3) is 5.57 Å². The number of likely N-dealkylation sites (tertiary alicyclic amines) is 1. The molecule has 2 aliphatic rings. The smallest absolute Gasteiger partial charge is 0.277 e. The number of carbonyl (C=O) groups excluding carboxylic acids is 2. The number of hydrogen-bond donors (Lipinski definition) is 1. The van der Waals surface area contributed by atoms with Crippen molar-refractivity contribution < 1.29 is 24.2 Å². The molecule has 7 nitrogen and oxygen atoms in total. The molecule has 0 bridgehead atoms. The highest BCUT2D eigenvalue weighted by atomic mass is 16.5. The summed E-state index contributed by atoms with van der Waals surface area (Å²) in [5.74, 6) is 0.752. The summed E-state index contributed by atoms with van der Waals surface area (Å²) in [6, 6.07) is 7.42. The number of amides is 2. The van der Waals surface area contributed by atoms with Crippen LogP contribution >= 0.6 is 0 Å². The molecule has 1 aromatic rings. The number of imide groups is 1. The van der Waals surface area contributed by atoms with Crippen molar-refractivity contribution in [3.8, 4) is 5.75 Å². The monoisotopic (exact) mass is 458 g/mol. The summed E-state index contributed by atoms with van der Waals surface area (Å²) in [5.41, 5.74) is 1.62. The maximum atomic E-state index is 13.4. The summed E-state index contributed by atoms with van der Waals surface area (Å²) in [5, 5.41) is 9.68. The third-order valence-electron chi connectivity index (χ3n) is 5.94. The number of piperidine rings is 1. The van der Waals surface area contributed by atoms with E-state index in [1.165, 1.54) is 4.90 Å². The number of aliphatic hydroxyl groups excluding tert-OH is 1. The molecule has 7 heteroatoms. The number of nitrogens with zero attached hydrogens (tertiary/aromatic N) is 2. The van der Waals surface area contributed by atoms with E-state index in [2.05, 4.69) is 13.8 Å². The molecule has 0 radical (unpaired) electrons. The van der Waals surface area contributed by atoms with Crippen molar-refractivity contribution in [2.75, 3.05) is 39.5 Å². The Hall–Kier alpha value is -2.38. The molecular formula is C26H38N2O5. The van der Waals surface area contributed by atoms with Crippen molar-refractivity contribution in [2.24, 2.45) is 11.8 Å². The van der Waals surface area contributed by atoms with Crippen molar-refractivity contribution >= 4 is 17.4 Å². The minimum absolute atomic E-state index is 0.0827. The van der Waals surface area contributed by atoms with Gasteiger partial charge in [-0.1, -0.05) is 26.0 Å². The summed E-state index contributed by atoms with van der Waals surface area (Å²) in [6.45, 7) is 10.9. The minimum Gasteiger partial charge on any atom is -0.493 e. The van der Waals surface area contributed by atoms with E-state index < -0.39 is 0 Å². The molecule has 3 rings (SSSR count). The Kier molecular flexibility index (Phi) is 8.92. The van der Waals surface area contributed by atoms with Gasteiger partial charge >= 0.3 is 0 Å². The second-order valence-corrected chi connectivity index (χ2v) is 9.62. The molecule has 0 saturated carbocycles. The molecule has 1 aromatic carbocycles. The Morgan fingerprint density at radius 1 is 1.09 bits per heavy atom. The van der Waals surface area contributed by atoms with Gasteiger partial charge in [0.15, 0.2) is 0 Å². The van der Waals surface area contributed by atoms with Gasteiger partial charge in [-0.3, -0.25) is 14.5 Å². The van der Waals surface area contributed by atoms with Crippen LogP contribution in [0, 0.1) is 11.8 Å². The number of benzene rings is 1. The zero-order valence-electron chi connectivity index (χ0n) is 20.4. The van der Waals surface area contributed by atoms with Crippen LogP contribution in [0.3, 0.4) is 0 Å². The Morgan fingerprint density at radius 3 is 2.45 bits per heavy atom. The lowest BCUT2D eigenvalue weighted by molar-refractivity contribution is -0.138. The number of ether oxygens (including phenoxy) is 2. The third kappa shape index (κ3) is 6.36. The Morgan fingerprint density at radius 2 is 1.82 bits per heavy atom. The topological polar surface area (TPSA) is 79.3 Å². The molecule has 2 heterocycles. The fourth-order valence-corrected chi connectivity index (χ4v) is 4.26. The first-order chi connectivity index (χ1) is 15.8. The van der Waals surface area contributed by atoms with Crippen molar-refractivity contribution in [1.82, 2.24) is 9.80 Å². The maximum Gasteiger partial charge on any atom is 0.277 e. The molecule has 2 amide bonds. The molecule has 33 heavy (non-hydrogen) atoms. The summed E-state index contributed by atoms with van der Waals surface area (Å²) in [4.78, 5) is 30.2. The lowest BCUT2D eigenvalue weighted by atomic mass is 9.97. The maximum absolute atomic E-state index is 13.4. The summed E-state index contributed by atoms with van der Waals surface area (Å²) in [6.07, 6.45) is 2.51.